The van der Waals surface area contributed by atoms with Gasteiger partial charge in [0.1, 0.15) is 6.33 Å². The number of carbonyl (C=O) groups is 1. The highest BCUT2D eigenvalue weighted by Gasteiger charge is 2.17. The van der Waals surface area contributed by atoms with Gasteiger partial charge < -0.3 is 15.2 Å². The van der Waals surface area contributed by atoms with Crippen molar-refractivity contribution in [1.82, 2.24) is 20.1 Å². The Labute approximate surface area is 129 Å². The molecule has 0 bridgehead atoms. The smallest absolute Gasteiger partial charge is 0.225 e. The Balaban J connectivity index is 1.69. The molecule has 1 aromatic heterocycles. The molecular weight excluding hydrogens is 278 g/mol. The second-order valence-electron chi connectivity index (χ2n) is 5.57. The lowest BCUT2D eigenvalue weighted by Crippen LogP contribution is -2.27. The molecular formula is C16H21N5O. The molecule has 2 N–H and O–H groups in total. The average molecular weight is 299 g/mol. The maximum atomic E-state index is 12.1. The Morgan fingerprint density at radius 2 is 2.41 bits per heavy atom. The fourth-order valence-corrected chi connectivity index (χ4v) is 2.81. The predicted molar refractivity (Wildman–Crippen MR) is 85.4 cm³/mol. The molecule has 3 rings (SSSR count). The van der Waals surface area contributed by atoms with Gasteiger partial charge in [0, 0.05) is 30.3 Å². The largest absolute Gasteiger partial charge is 0.326 e. The summed E-state index contributed by atoms with van der Waals surface area (Å²) >= 11 is 0. The summed E-state index contributed by atoms with van der Waals surface area (Å²) in [4.78, 5) is 12.1. The fraction of sp³-hybridized carbons (Fsp3) is 0.438. The number of hydrogen-bond donors (Lipinski definition) is 2. The Morgan fingerprint density at radius 1 is 1.50 bits per heavy atom. The van der Waals surface area contributed by atoms with E-state index < -0.39 is 0 Å². The minimum absolute atomic E-state index is 0.0495. The minimum Gasteiger partial charge on any atom is -0.326 e. The highest BCUT2D eigenvalue weighted by molar-refractivity contribution is 5.91. The maximum absolute atomic E-state index is 12.1. The predicted octanol–water partition coefficient (Wildman–Crippen LogP) is 2.05. The normalized spacial score (nSPS) is 17.6. The molecule has 0 saturated carbocycles. The third-order valence-corrected chi connectivity index (χ3v) is 3.95. The van der Waals surface area contributed by atoms with Crippen LogP contribution in [0, 0.1) is 0 Å². The van der Waals surface area contributed by atoms with Gasteiger partial charge >= 0.3 is 0 Å². The van der Waals surface area contributed by atoms with Crippen LogP contribution in [0.4, 0.5) is 5.69 Å². The summed E-state index contributed by atoms with van der Waals surface area (Å²) in [5.74, 6) is 0.865. The topological polar surface area (TPSA) is 71.8 Å². The van der Waals surface area contributed by atoms with Gasteiger partial charge in [-0.1, -0.05) is 12.1 Å². The van der Waals surface area contributed by atoms with Crippen LogP contribution in [0.3, 0.4) is 0 Å². The second-order valence-corrected chi connectivity index (χ2v) is 5.57. The van der Waals surface area contributed by atoms with Gasteiger partial charge in [-0.2, -0.15) is 0 Å². The number of nitrogens with zero attached hydrogens (tertiary/aromatic N) is 3. The molecule has 22 heavy (non-hydrogen) atoms. The van der Waals surface area contributed by atoms with Crippen molar-refractivity contribution in [2.45, 2.75) is 38.8 Å². The van der Waals surface area contributed by atoms with Gasteiger partial charge in [-0.3, -0.25) is 4.79 Å². The van der Waals surface area contributed by atoms with E-state index in [1.54, 1.807) is 6.33 Å². The van der Waals surface area contributed by atoms with Gasteiger partial charge in [0.15, 0.2) is 5.82 Å². The Kier molecular flexibility index (Phi) is 4.48. The molecule has 1 amide bonds. The van der Waals surface area contributed by atoms with Gasteiger partial charge in [-0.25, -0.2) is 0 Å². The lowest BCUT2D eigenvalue weighted by atomic mass is 10.1. The highest BCUT2D eigenvalue weighted by atomic mass is 16.1. The van der Waals surface area contributed by atoms with Gasteiger partial charge in [-0.05, 0) is 38.4 Å². The zero-order valence-electron chi connectivity index (χ0n) is 12.7. The Morgan fingerprint density at radius 3 is 3.18 bits per heavy atom. The molecule has 1 fully saturated rings. The molecule has 0 radical (unpaired) electrons. The Hall–Kier alpha value is -2.21. The van der Waals surface area contributed by atoms with Crippen molar-refractivity contribution in [1.29, 1.82) is 0 Å². The summed E-state index contributed by atoms with van der Waals surface area (Å²) in [6.07, 6.45) is 4.47. The lowest BCUT2D eigenvalue weighted by molar-refractivity contribution is -0.116. The first kappa shape index (κ1) is 14.7. The van der Waals surface area contributed by atoms with Crippen LogP contribution in [-0.4, -0.2) is 33.3 Å². The molecule has 1 aliphatic rings. The van der Waals surface area contributed by atoms with Gasteiger partial charge in [0.05, 0.1) is 0 Å². The molecule has 2 heterocycles. The van der Waals surface area contributed by atoms with Crippen LogP contribution >= 0.6 is 0 Å². The van der Waals surface area contributed by atoms with Crippen molar-refractivity contribution in [2.24, 2.45) is 0 Å². The van der Waals surface area contributed by atoms with E-state index >= 15 is 0 Å². The molecule has 1 atom stereocenters. The quantitative estimate of drug-likeness (QED) is 0.886. The number of amides is 1. The average Bonchev–Trinajstić information content (AvgIpc) is 3.18. The van der Waals surface area contributed by atoms with Crippen molar-refractivity contribution >= 4 is 11.6 Å². The molecule has 6 nitrogen and oxygen atoms in total. The number of carbonyl (C=O) groups excluding carboxylic acids is 1. The van der Waals surface area contributed by atoms with E-state index in [1.165, 1.54) is 0 Å². The minimum atomic E-state index is 0.0495. The number of aromatic nitrogens is 3. The third-order valence-electron chi connectivity index (χ3n) is 3.95. The van der Waals surface area contributed by atoms with E-state index in [1.807, 2.05) is 35.8 Å². The zero-order chi connectivity index (χ0) is 15.4. The Bertz CT molecular complexity index is 645. The number of anilines is 1. The summed E-state index contributed by atoms with van der Waals surface area (Å²) in [7, 11) is 0. The molecule has 1 aliphatic heterocycles. The number of benzene rings is 1. The van der Waals surface area contributed by atoms with Gasteiger partial charge in [0.25, 0.3) is 0 Å². The molecule has 1 aromatic carbocycles. The van der Waals surface area contributed by atoms with Crippen molar-refractivity contribution in [3.63, 3.8) is 0 Å². The summed E-state index contributed by atoms with van der Waals surface area (Å²) < 4.78 is 1.98. The summed E-state index contributed by atoms with van der Waals surface area (Å²) in [6, 6.07) is 8.05. The lowest BCUT2D eigenvalue weighted by Gasteiger charge is -2.11. The molecule has 1 saturated heterocycles. The number of aryl methyl sites for hydroxylation is 1. The summed E-state index contributed by atoms with van der Waals surface area (Å²) in [6.45, 7) is 3.87. The molecule has 0 aliphatic carbocycles. The maximum Gasteiger partial charge on any atom is 0.225 e. The molecule has 0 spiro atoms. The van der Waals surface area contributed by atoms with Crippen LogP contribution in [-0.2, 0) is 11.3 Å². The van der Waals surface area contributed by atoms with E-state index in [9.17, 15) is 4.79 Å². The number of hydrogen-bond acceptors (Lipinski definition) is 4. The first-order chi connectivity index (χ1) is 10.8. The van der Waals surface area contributed by atoms with Crippen LogP contribution in [0.15, 0.2) is 30.6 Å². The summed E-state index contributed by atoms with van der Waals surface area (Å²) in [5.41, 5.74) is 1.75. The van der Waals surface area contributed by atoms with Crippen molar-refractivity contribution < 1.29 is 4.79 Å². The van der Waals surface area contributed by atoms with Crippen LogP contribution in [0.2, 0.25) is 0 Å². The van der Waals surface area contributed by atoms with Gasteiger partial charge in [-0.15, -0.1) is 10.2 Å². The van der Waals surface area contributed by atoms with E-state index in [-0.39, 0.29) is 5.91 Å². The van der Waals surface area contributed by atoms with Crippen LogP contribution in [0.5, 0.6) is 0 Å². The fourth-order valence-electron chi connectivity index (χ4n) is 2.81. The van der Waals surface area contributed by atoms with E-state index in [2.05, 4.69) is 20.8 Å². The highest BCUT2D eigenvalue weighted by Crippen LogP contribution is 2.21. The second kappa shape index (κ2) is 6.70. The monoisotopic (exact) mass is 299 g/mol. The molecule has 116 valence electrons. The molecule has 2 aromatic rings. The first-order valence-electron chi connectivity index (χ1n) is 7.77. The van der Waals surface area contributed by atoms with Crippen LogP contribution < -0.4 is 10.6 Å². The number of rotatable bonds is 5. The zero-order valence-corrected chi connectivity index (χ0v) is 12.7. The van der Waals surface area contributed by atoms with Crippen molar-refractivity contribution in [3.05, 3.63) is 30.6 Å². The van der Waals surface area contributed by atoms with E-state index in [4.69, 9.17) is 0 Å². The van der Waals surface area contributed by atoms with Crippen molar-refractivity contribution in [2.75, 3.05) is 11.9 Å². The third kappa shape index (κ3) is 3.33. The van der Waals surface area contributed by atoms with E-state index in [0.717, 1.165) is 43.0 Å². The van der Waals surface area contributed by atoms with E-state index in [0.29, 0.717) is 12.5 Å². The molecule has 1 unspecified atom stereocenters. The van der Waals surface area contributed by atoms with Crippen LogP contribution in [0.1, 0.15) is 26.2 Å². The first-order valence-corrected chi connectivity index (χ1v) is 7.77. The van der Waals surface area contributed by atoms with Crippen molar-refractivity contribution in [3.8, 4) is 11.4 Å². The van der Waals surface area contributed by atoms with Crippen LogP contribution in [0.25, 0.3) is 11.4 Å². The molecule has 6 heteroatoms. The SMILES string of the molecule is CCn1cnnc1-c1cccc(NC(=O)CC2CCCN2)c1. The standard InChI is InChI=1S/C16H21N5O/c1-2-21-11-18-20-16(21)12-5-3-6-14(9-12)19-15(22)10-13-7-4-8-17-13/h3,5-6,9,11,13,17H,2,4,7-8,10H2,1H3,(H,19,22). The number of nitrogens with one attached hydrogen (secondary N) is 2. The summed E-state index contributed by atoms with van der Waals surface area (Å²) in [5, 5.41) is 14.4. The van der Waals surface area contributed by atoms with Gasteiger partial charge in [0.2, 0.25) is 5.91 Å².